The van der Waals surface area contributed by atoms with Crippen molar-refractivity contribution in [1.82, 2.24) is 0 Å². The highest BCUT2D eigenvalue weighted by Crippen LogP contribution is 2.34. The van der Waals surface area contributed by atoms with Crippen LogP contribution in [0.2, 0.25) is 0 Å². The number of rotatable bonds is 4. The van der Waals surface area contributed by atoms with E-state index in [9.17, 15) is 0 Å². The van der Waals surface area contributed by atoms with Gasteiger partial charge in [0.15, 0.2) is 0 Å². The van der Waals surface area contributed by atoms with Crippen LogP contribution in [0.4, 0.5) is 0 Å². The van der Waals surface area contributed by atoms with Gasteiger partial charge in [-0.15, -0.1) is 0 Å². The minimum absolute atomic E-state index is 0.148. The molecule has 0 aromatic heterocycles. The van der Waals surface area contributed by atoms with Gasteiger partial charge in [-0.25, -0.2) is 0 Å². The molecular weight excluding hydrogens is 250 g/mol. The summed E-state index contributed by atoms with van der Waals surface area (Å²) in [5.41, 5.74) is 8.81. The van der Waals surface area contributed by atoms with E-state index in [1.165, 1.54) is 30.4 Å². The monoisotopic (exact) mass is 275 g/mol. The van der Waals surface area contributed by atoms with Crippen LogP contribution in [-0.4, -0.2) is 32.0 Å². The Hall–Kier alpha value is -0.900. The summed E-state index contributed by atoms with van der Waals surface area (Å²) in [6.07, 6.45) is 5.57. The van der Waals surface area contributed by atoms with E-state index in [4.69, 9.17) is 15.2 Å². The third-order valence-corrected chi connectivity index (χ3v) is 4.86. The fourth-order valence-electron chi connectivity index (χ4n) is 3.46. The van der Waals surface area contributed by atoms with Crippen LogP contribution >= 0.6 is 0 Å². The molecule has 0 radical (unpaired) electrons. The number of nitrogens with two attached hydrogens (primary N) is 1. The predicted octanol–water partition coefficient (Wildman–Crippen LogP) is 2.63. The maximum atomic E-state index is 6.31. The molecule has 1 fully saturated rings. The summed E-state index contributed by atoms with van der Waals surface area (Å²) in [6.45, 7) is 2.95. The molecule has 0 saturated carbocycles. The van der Waals surface area contributed by atoms with Crippen LogP contribution in [0.15, 0.2) is 24.3 Å². The van der Waals surface area contributed by atoms with Gasteiger partial charge in [0.2, 0.25) is 0 Å². The van der Waals surface area contributed by atoms with Gasteiger partial charge in [-0.1, -0.05) is 24.3 Å². The molecule has 3 nitrogen and oxygen atoms in total. The minimum Gasteiger partial charge on any atom is -0.381 e. The average molecular weight is 275 g/mol. The van der Waals surface area contributed by atoms with Gasteiger partial charge in [0.1, 0.15) is 0 Å². The molecule has 1 aliphatic heterocycles. The zero-order valence-electron chi connectivity index (χ0n) is 12.1. The lowest BCUT2D eigenvalue weighted by atomic mass is 9.83. The first-order valence-electron chi connectivity index (χ1n) is 7.83. The highest BCUT2D eigenvalue weighted by atomic mass is 16.5. The number of benzene rings is 1. The van der Waals surface area contributed by atoms with Crippen LogP contribution in [0.1, 0.15) is 42.7 Å². The second-order valence-corrected chi connectivity index (χ2v) is 6.10. The molecular formula is C17H25NO2. The van der Waals surface area contributed by atoms with Crippen molar-refractivity contribution in [2.45, 2.75) is 43.6 Å². The maximum Gasteiger partial charge on any atom is 0.0848 e. The second kappa shape index (κ2) is 6.25. The summed E-state index contributed by atoms with van der Waals surface area (Å²) in [6, 6.07) is 8.81. The van der Waals surface area contributed by atoms with E-state index in [2.05, 4.69) is 24.3 Å². The van der Waals surface area contributed by atoms with Crippen molar-refractivity contribution in [2.75, 3.05) is 26.4 Å². The number of aryl methyl sites for hydroxylation is 1. The molecule has 1 aromatic carbocycles. The van der Waals surface area contributed by atoms with Crippen LogP contribution in [0.3, 0.4) is 0 Å². The molecule has 3 rings (SSSR count). The summed E-state index contributed by atoms with van der Waals surface area (Å²) >= 11 is 0. The van der Waals surface area contributed by atoms with Crippen molar-refractivity contribution in [3.05, 3.63) is 35.4 Å². The zero-order valence-corrected chi connectivity index (χ0v) is 12.1. The number of hydrogen-bond donors (Lipinski definition) is 1. The van der Waals surface area contributed by atoms with Gasteiger partial charge in [-0.05, 0) is 30.4 Å². The summed E-state index contributed by atoms with van der Waals surface area (Å²) in [5, 5.41) is 0. The van der Waals surface area contributed by atoms with Crippen molar-refractivity contribution in [2.24, 2.45) is 5.73 Å². The fraction of sp³-hybridized carbons (Fsp3) is 0.647. The highest BCUT2D eigenvalue weighted by Gasteiger charge is 2.33. The van der Waals surface area contributed by atoms with Crippen molar-refractivity contribution < 1.29 is 9.47 Å². The van der Waals surface area contributed by atoms with E-state index in [-0.39, 0.29) is 5.60 Å². The van der Waals surface area contributed by atoms with Gasteiger partial charge in [-0.3, -0.25) is 0 Å². The average Bonchev–Trinajstić information content (AvgIpc) is 2.54. The van der Waals surface area contributed by atoms with E-state index in [1.54, 1.807) is 0 Å². The highest BCUT2D eigenvalue weighted by molar-refractivity contribution is 5.32. The molecule has 0 spiro atoms. The number of hydrogen-bond acceptors (Lipinski definition) is 3. The molecule has 1 heterocycles. The van der Waals surface area contributed by atoms with Crippen molar-refractivity contribution in [3.8, 4) is 0 Å². The van der Waals surface area contributed by atoms with E-state index >= 15 is 0 Å². The molecule has 1 aliphatic carbocycles. The third-order valence-electron chi connectivity index (χ3n) is 4.86. The largest absolute Gasteiger partial charge is 0.381 e. The van der Waals surface area contributed by atoms with E-state index in [1.807, 2.05) is 0 Å². The quantitative estimate of drug-likeness (QED) is 0.918. The molecule has 20 heavy (non-hydrogen) atoms. The smallest absolute Gasteiger partial charge is 0.0848 e. The van der Waals surface area contributed by atoms with E-state index < -0.39 is 0 Å². The lowest BCUT2D eigenvalue weighted by Crippen LogP contribution is -2.46. The topological polar surface area (TPSA) is 44.5 Å². The molecule has 0 bridgehead atoms. The molecule has 2 aliphatic rings. The van der Waals surface area contributed by atoms with Crippen LogP contribution in [0.5, 0.6) is 0 Å². The molecule has 3 heteroatoms. The molecule has 0 amide bonds. The van der Waals surface area contributed by atoms with Crippen LogP contribution < -0.4 is 5.73 Å². The zero-order chi connectivity index (χ0) is 13.8. The Bertz CT molecular complexity index is 440. The Morgan fingerprint density at radius 2 is 2.05 bits per heavy atom. The molecule has 1 unspecified atom stereocenters. The van der Waals surface area contributed by atoms with Gasteiger partial charge in [0, 0.05) is 38.5 Å². The Balaban J connectivity index is 1.66. The Morgan fingerprint density at radius 3 is 2.85 bits per heavy atom. The van der Waals surface area contributed by atoms with Crippen LogP contribution in [0.25, 0.3) is 0 Å². The first-order valence-corrected chi connectivity index (χ1v) is 7.83. The molecule has 1 atom stereocenters. The predicted molar refractivity (Wildman–Crippen MR) is 79.9 cm³/mol. The normalized spacial score (nSPS) is 25.1. The maximum absolute atomic E-state index is 6.31. The summed E-state index contributed by atoms with van der Waals surface area (Å²) < 4.78 is 11.8. The Morgan fingerprint density at radius 1 is 1.25 bits per heavy atom. The fourth-order valence-corrected chi connectivity index (χ4v) is 3.46. The first kappa shape index (κ1) is 14.1. The molecule has 2 N–H and O–H groups in total. The Kier molecular flexibility index (Phi) is 4.39. The third kappa shape index (κ3) is 2.90. The first-order chi connectivity index (χ1) is 9.83. The second-order valence-electron chi connectivity index (χ2n) is 6.10. The van der Waals surface area contributed by atoms with Crippen molar-refractivity contribution in [3.63, 3.8) is 0 Å². The van der Waals surface area contributed by atoms with Gasteiger partial charge in [0.05, 0.1) is 12.2 Å². The number of ether oxygens (including phenoxy) is 2. The van der Waals surface area contributed by atoms with Crippen LogP contribution in [0, 0.1) is 0 Å². The van der Waals surface area contributed by atoms with Gasteiger partial charge < -0.3 is 15.2 Å². The lowest BCUT2D eigenvalue weighted by Gasteiger charge is -2.38. The lowest BCUT2D eigenvalue weighted by molar-refractivity contribution is -0.109. The SMILES string of the molecule is NCC1(OCC2CCCc3ccccc32)CCOCC1. The molecule has 1 saturated heterocycles. The van der Waals surface area contributed by atoms with Gasteiger partial charge >= 0.3 is 0 Å². The Labute approximate surface area is 121 Å². The summed E-state index contributed by atoms with van der Waals surface area (Å²) in [4.78, 5) is 0. The van der Waals surface area contributed by atoms with Gasteiger partial charge in [-0.2, -0.15) is 0 Å². The molecule has 1 aromatic rings. The standard InChI is InChI=1S/C17H25NO2/c18-13-17(8-10-19-11-9-17)20-12-15-6-3-5-14-4-1-2-7-16(14)15/h1-2,4,7,15H,3,5-6,8-13,18H2. The van der Waals surface area contributed by atoms with Crippen molar-refractivity contribution in [1.29, 1.82) is 0 Å². The summed E-state index contributed by atoms with van der Waals surface area (Å²) in [5.74, 6) is 0.534. The van der Waals surface area contributed by atoms with E-state index in [0.29, 0.717) is 12.5 Å². The van der Waals surface area contributed by atoms with Crippen LogP contribution in [-0.2, 0) is 15.9 Å². The summed E-state index contributed by atoms with van der Waals surface area (Å²) in [7, 11) is 0. The van der Waals surface area contributed by atoms with E-state index in [0.717, 1.165) is 32.7 Å². The number of fused-ring (bicyclic) bond motifs is 1. The molecule has 110 valence electrons. The van der Waals surface area contributed by atoms with Gasteiger partial charge in [0.25, 0.3) is 0 Å². The minimum atomic E-state index is -0.148. The van der Waals surface area contributed by atoms with Crippen molar-refractivity contribution >= 4 is 0 Å².